The monoisotopic (exact) mass is 346 g/mol. The Morgan fingerprint density at radius 1 is 1.33 bits per heavy atom. The van der Waals surface area contributed by atoms with Crippen LogP contribution in [-0.2, 0) is 16.6 Å². The van der Waals surface area contributed by atoms with Gasteiger partial charge in [0.1, 0.15) is 5.76 Å². The minimum Gasteiger partial charge on any atom is -0.455 e. The molecule has 1 N–H and O–H groups in total. The molecule has 24 heavy (non-hydrogen) atoms. The summed E-state index contributed by atoms with van der Waals surface area (Å²) < 4.78 is 30.0. The smallest absolute Gasteiger partial charge is 0.293 e. The van der Waals surface area contributed by atoms with Crippen LogP contribution in [0.3, 0.4) is 0 Å². The maximum atomic E-state index is 12.6. The van der Waals surface area contributed by atoms with E-state index in [1.807, 2.05) is 6.92 Å². The molecule has 0 bridgehead atoms. The van der Waals surface area contributed by atoms with E-state index in [-0.39, 0.29) is 18.2 Å². The Morgan fingerprint density at radius 2 is 2.08 bits per heavy atom. The van der Waals surface area contributed by atoms with Gasteiger partial charge in [-0.3, -0.25) is 4.79 Å². The number of nitrogens with one attached hydrogen (secondary N) is 1. The molecule has 0 aliphatic rings. The third kappa shape index (κ3) is 4.47. The lowest BCUT2D eigenvalue weighted by atomic mass is 10.2. The van der Waals surface area contributed by atoms with E-state index >= 15 is 0 Å². The van der Waals surface area contributed by atoms with E-state index in [0.29, 0.717) is 23.6 Å². The van der Waals surface area contributed by atoms with Crippen molar-refractivity contribution in [1.29, 1.82) is 0 Å². The Labute approximate surface area is 141 Å². The van der Waals surface area contributed by atoms with E-state index in [0.717, 1.165) is 6.26 Å². The van der Waals surface area contributed by atoms with E-state index in [1.54, 1.807) is 30.3 Å². The largest absolute Gasteiger partial charge is 0.455 e. The number of hydrogen-bond donors (Lipinski definition) is 1. The molecule has 2 rings (SSSR count). The Kier molecular flexibility index (Phi) is 5.44. The van der Waals surface area contributed by atoms with Crippen LogP contribution in [0.25, 0.3) is 0 Å². The zero-order valence-corrected chi connectivity index (χ0v) is 14.3. The van der Waals surface area contributed by atoms with Crippen LogP contribution in [0.2, 0.25) is 0 Å². The van der Waals surface area contributed by atoms with Gasteiger partial charge in [-0.25, -0.2) is 13.1 Å². The van der Waals surface area contributed by atoms with Gasteiger partial charge in [0.2, 0.25) is 10.0 Å². The quantitative estimate of drug-likeness (QED) is 0.811. The first kappa shape index (κ1) is 17.8. The van der Waals surface area contributed by atoms with Gasteiger partial charge in [-0.15, -0.1) is 6.42 Å². The van der Waals surface area contributed by atoms with Crippen LogP contribution in [0.4, 0.5) is 5.69 Å². The highest BCUT2D eigenvalue weighted by atomic mass is 32.2. The first-order valence-electron chi connectivity index (χ1n) is 7.26. The fourth-order valence-electron chi connectivity index (χ4n) is 2.13. The number of rotatable bonds is 6. The molecular formula is C17H18N2O4S. The summed E-state index contributed by atoms with van der Waals surface area (Å²) in [5.74, 6) is 2.70. The molecule has 7 heteroatoms. The maximum absolute atomic E-state index is 12.6. The molecule has 1 aromatic carbocycles. The molecule has 0 aliphatic heterocycles. The van der Waals surface area contributed by atoms with Gasteiger partial charge < -0.3 is 9.32 Å². The van der Waals surface area contributed by atoms with Gasteiger partial charge in [-0.1, -0.05) is 12.0 Å². The van der Waals surface area contributed by atoms with Crippen molar-refractivity contribution >= 4 is 21.6 Å². The molecular weight excluding hydrogens is 328 g/mol. The topological polar surface area (TPSA) is 79.6 Å². The van der Waals surface area contributed by atoms with Crippen LogP contribution in [0.15, 0.2) is 40.8 Å². The molecule has 1 aromatic heterocycles. The van der Waals surface area contributed by atoms with Gasteiger partial charge >= 0.3 is 0 Å². The van der Waals surface area contributed by atoms with E-state index in [4.69, 9.17) is 10.8 Å². The summed E-state index contributed by atoms with van der Waals surface area (Å²) in [7, 11) is -3.33. The van der Waals surface area contributed by atoms with Crippen LogP contribution >= 0.6 is 0 Å². The molecule has 0 unspecified atom stereocenters. The summed E-state index contributed by atoms with van der Waals surface area (Å²) in [6.45, 7) is 2.27. The molecule has 6 nitrogen and oxygen atoms in total. The summed E-state index contributed by atoms with van der Waals surface area (Å²) in [5.41, 5.74) is 1.35. The van der Waals surface area contributed by atoms with Crippen molar-refractivity contribution in [3.05, 3.63) is 53.5 Å². The number of sulfonamides is 1. The van der Waals surface area contributed by atoms with Crippen molar-refractivity contribution in [2.45, 2.75) is 13.5 Å². The van der Waals surface area contributed by atoms with Crippen LogP contribution in [0.1, 0.15) is 28.8 Å². The average molecular weight is 346 g/mol. The van der Waals surface area contributed by atoms with E-state index in [2.05, 4.69) is 10.6 Å². The summed E-state index contributed by atoms with van der Waals surface area (Å²) in [6, 6.07) is 10.2. The standard InChI is InChI=1S/C17H18N2O4S/c1-4-13-7-6-8-14(11-13)19(5-2)17(20)16-10-9-15(23-16)12-18-24(3,21)22/h1,6-11,18H,5,12H2,2-3H3. The normalized spacial score (nSPS) is 11.0. The SMILES string of the molecule is C#Cc1cccc(N(CC)C(=O)c2ccc(CNS(C)(=O)=O)o2)c1. The Balaban J connectivity index is 2.20. The lowest BCUT2D eigenvalue weighted by Gasteiger charge is -2.20. The van der Waals surface area contributed by atoms with Gasteiger partial charge in [0.05, 0.1) is 12.8 Å². The molecule has 126 valence electrons. The number of anilines is 1. The Hall–Kier alpha value is -2.56. The number of amides is 1. The molecule has 0 radical (unpaired) electrons. The van der Waals surface area contributed by atoms with Crippen molar-refractivity contribution in [2.24, 2.45) is 0 Å². The molecule has 0 fully saturated rings. The van der Waals surface area contributed by atoms with Crippen LogP contribution in [-0.4, -0.2) is 27.1 Å². The maximum Gasteiger partial charge on any atom is 0.293 e. The van der Waals surface area contributed by atoms with Gasteiger partial charge in [0.15, 0.2) is 5.76 Å². The summed E-state index contributed by atoms with van der Waals surface area (Å²) >= 11 is 0. The molecule has 1 heterocycles. The lowest BCUT2D eigenvalue weighted by Crippen LogP contribution is -2.30. The molecule has 1 amide bonds. The zero-order valence-electron chi connectivity index (χ0n) is 13.4. The van der Waals surface area contributed by atoms with Gasteiger partial charge in [-0.2, -0.15) is 0 Å². The van der Waals surface area contributed by atoms with Crippen molar-refractivity contribution < 1.29 is 17.6 Å². The summed E-state index contributed by atoms with van der Waals surface area (Å²) in [4.78, 5) is 14.2. The minimum absolute atomic E-state index is 0.00911. The Bertz CT molecular complexity index is 878. The number of terminal acetylenes is 1. The molecule has 0 spiro atoms. The van der Waals surface area contributed by atoms with Crippen molar-refractivity contribution in [1.82, 2.24) is 4.72 Å². The highest BCUT2D eigenvalue weighted by molar-refractivity contribution is 7.88. The van der Waals surface area contributed by atoms with Gasteiger partial charge in [-0.05, 0) is 37.3 Å². The van der Waals surface area contributed by atoms with Crippen LogP contribution in [0, 0.1) is 12.3 Å². The number of benzene rings is 1. The minimum atomic E-state index is -3.33. The second-order valence-corrected chi connectivity index (χ2v) is 6.94. The van der Waals surface area contributed by atoms with Crippen LogP contribution < -0.4 is 9.62 Å². The highest BCUT2D eigenvalue weighted by Crippen LogP contribution is 2.20. The number of carbonyl (C=O) groups is 1. The fraction of sp³-hybridized carbons (Fsp3) is 0.235. The molecule has 0 aliphatic carbocycles. The van der Waals surface area contributed by atoms with Crippen LogP contribution in [0.5, 0.6) is 0 Å². The molecule has 2 aromatic rings. The summed E-state index contributed by atoms with van der Waals surface area (Å²) in [5, 5.41) is 0. The molecule has 0 atom stereocenters. The Morgan fingerprint density at radius 3 is 2.71 bits per heavy atom. The number of nitrogens with zero attached hydrogens (tertiary/aromatic N) is 1. The molecule has 0 saturated carbocycles. The van der Waals surface area contributed by atoms with E-state index < -0.39 is 10.0 Å². The van der Waals surface area contributed by atoms with E-state index in [9.17, 15) is 13.2 Å². The third-order valence-electron chi connectivity index (χ3n) is 3.27. The molecule has 0 saturated heterocycles. The van der Waals surface area contributed by atoms with Gasteiger partial charge in [0, 0.05) is 17.8 Å². The lowest BCUT2D eigenvalue weighted by molar-refractivity contribution is 0.0960. The number of hydrogen-bond acceptors (Lipinski definition) is 4. The predicted molar refractivity (Wildman–Crippen MR) is 92.1 cm³/mol. The fourth-order valence-corrected chi connectivity index (χ4v) is 2.53. The second-order valence-electron chi connectivity index (χ2n) is 5.10. The highest BCUT2D eigenvalue weighted by Gasteiger charge is 2.20. The first-order valence-corrected chi connectivity index (χ1v) is 9.15. The number of furan rings is 1. The zero-order chi connectivity index (χ0) is 17.7. The van der Waals surface area contributed by atoms with Gasteiger partial charge in [0.25, 0.3) is 5.91 Å². The third-order valence-corrected chi connectivity index (χ3v) is 3.94. The van der Waals surface area contributed by atoms with Crippen molar-refractivity contribution in [3.63, 3.8) is 0 Å². The predicted octanol–water partition coefficient (Wildman–Crippen LogP) is 1.98. The average Bonchev–Trinajstić information content (AvgIpc) is 3.02. The summed E-state index contributed by atoms with van der Waals surface area (Å²) in [6.07, 6.45) is 6.45. The van der Waals surface area contributed by atoms with E-state index in [1.165, 1.54) is 11.0 Å². The second kappa shape index (κ2) is 7.34. The first-order chi connectivity index (χ1) is 11.3. The number of carbonyl (C=O) groups excluding carboxylic acids is 1. The van der Waals surface area contributed by atoms with Crippen molar-refractivity contribution in [2.75, 3.05) is 17.7 Å². The van der Waals surface area contributed by atoms with Crippen molar-refractivity contribution in [3.8, 4) is 12.3 Å².